The molecule has 0 saturated carbocycles. The van der Waals surface area contributed by atoms with E-state index in [1.165, 1.54) is 18.4 Å². The summed E-state index contributed by atoms with van der Waals surface area (Å²) in [6, 6.07) is 8.30. The predicted octanol–water partition coefficient (Wildman–Crippen LogP) is 3.75. The van der Waals surface area contributed by atoms with E-state index in [0.29, 0.717) is 0 Å². The SMILES string of the molecule is CCCC(C)(C)NCc1cccc(OCC)c1. The van der Waals surface area contributed by atoms with Gasteiger partial charge in [-0.05, 0) is 44.9 Å². The molecular formula is C15H25NO. The van der Waals surface area contributed by atoms with Gasteiger partial charge in [0.05, 0.1) is 6.61 Å². The van der Waals surface area contributed by atoms with Gasteiger partial charge in [0, 0.05) is 12.1 Å². The molecule has 0 aliphatic rings. The van der Waals surface area contributed by atoms with Gasteiger partial charge in [0.1, 0.15) is 5.75 Å². The number of rotatable bonds is 7. The molecule has 0 aliphatic heterocycles. The van der Waals surface area contributed by atoms with Crippen LogP contribution in [0.2, 0.25) is 0 Å². The van der Waals surface area contributed by atoms with Crippen LogP contribution in [0.3, 0.4) is 0 Å². The number of ether oxygens (including phenoxy) is 1. The average Bonchev–Trinajstić information content (AvgIpc) is 2.28. The van der Waals surface area contributed by atoms with E-state index in [1.807, 2.05) is 13.0 Å². The number of hydrogen-bond acceptors (Lipinski definition) is 2. The lowest BCUT2D eigenvalue weighted by Crippen LogP contribution is -2.38. The predicted molar refractivity (Wildman–Crippen MR) is 73.4 cm³/mol. The summed E-state index contributed by atoms with van der Waals surface area (Å²) in [7, 11) is 0. The molecule has 1 aromatic rings. The molecule has 0 saturated heterocycles. The molecular weight excluding hydrogens is 210 g/mol. The molecule has 0 heterocycles. The Morgan fingerprint density at radius 2 is 2.00 bits per heavy atom. The van der Waals surface area contributed by atoms with Crippen molar-refractivity contribution in [3.05, 3.63) is 29.8 Å². The molecule has 1 aromatic carbocycles. The van der Waals surface area contributed by atoms with Crippen molar-refractivity contribution in [3.8, 4) is 5.75 Å². The first-order valence-corrected chi connectivity index (χ1v) is 6.54. The first-order chi connectivity index (χ1) is 8.07. The average molecular weight is 235 g/mol. The molecule has 1 rings (SSSR count). The molecule has 0 bridgehead atoms. The zero-order valence-corrected chi connectivity index (χ0v) is 11.5. The third kappa shape index (κ3) is 5.22. The van der Waals surface area contributed by atoms with Crippen LogP contribution in [-0.4, -0.2) is 12.1 Å². The van der Waals surface area contributed by atoms with Gasteiger partial charge in [0.15, 0.2) is 0 Å². The lowest BCUT2D eigenvalue weighted by Gasteiger charge is -2.26. The van der Waals surface area contributed by atoms with Crippen molar-refractivity contribution in [1.82, 2.24) is 5.32 Å². The van der Waals surface area contributed by atoms with Gasteiger partial charge in [-0.3, -0.25) is 0 Å². The Labute approximate surface area is 105 Å². The molecule has 2 heteroatoms. The van der Waals surface area contributed by atoms with Gasteiger partial charge >= 0.3 is 0 Å². The highest BCUT2D eigenvalue weighted by Crippen LogP contribution is 2.16. The zero-order chi connectivity index (χ0) is 12.7. The van der Waals surface area contributed by atoms with Crippen LogP contribution in [0.1, 0.15) is 46.1 Å². The van der Waals surface area contributed by atoms with E-state index in [0.717, 1.165) is 18.9 Å². The molecule has 1 N–H and O–H groups in total. The van der Waals surface area contributed by atoms with Gasteiger partial charge in [0.2, 0.25) is 0 Å². The van der Waals surface area contributed by atoms with E-state index in [1.54, 1.807) is 0 Å². The summed E-state index contributed by atoms with van der Waals surface area (Å²) in [5, 5.41) is 3.59. The second kappa shape index (κ2) is 6.65. The van der Waals surface area contributed by atoms with Crippen LogP contribution in [0.15, 0.2) is 24.3 Å². The molecule has 0 fully saturated rings. The van der Waals surface area contributed by atoms with Crippen LogP contribution in [-0.2, 0) is 6.54 Å². The van der Waals surface area contributed by atoms with Gasteiger partial charge in [-0.15, -0.1) is 0 Å². The second-order valence-corrected chi connectivity index (χ2v) is 5.07. The Balaban J connectivity index is 2.53. The highest BCUT2D eigenvalue weighted by molar-refractivity contribution is 5.28. The van der Waals surface area contributed by atoms with E-state index in [4.69, 9.17) is 4.74 Å². The van der Waals surface area contributed by atoms with Gasteiger partial charge in [-0.25, -0.2) is 0 Å². The lowest BCUT2D eigenvalue weighted by molar-refractivity contribution is 0.337. The van der Waals surface area contributed by atoms with Crippen molar-refractivity contribution in [2.75, 3.05) is 6.61 Å². The zero-order valence-electron chi connectivity index (χ0n) is 11.5. The van der Waals surface area contributed by atoms with E-state index in [-0.39, 0.29) is 5.54 Å². The highest BCUT2D eigenvalue weighted by atomic mass is 16.5. The van der Waals surface area contributed by atoms with E-state index in [2.05, 4.69) is 44.3 Å². The van der Waals surface area contributed by atoms with Crippen molar-refractivity contribution < 1.29 is 4.74 Å². The van der Waals surface area contributed by atoms with Crippen molar-refractivity contribution >= 4 is 0 Å². The monoisotopic (exact) mass is 235 g/mol. The van der Waals surface area contributed by atoms with Crippen LogP contribution in [0.5, 0.6) is 5.75 Å². The van der Waals surface area contributed by atoms with E-state index >= 15 is 0 Å². The molecule has 96 valence electrons. The molecule has 0 spiro atoms. The minimum Gasteiger partial charge on any atom is -0.494 e. The Morgan fingerprint density at radius 3 is 2.65 bits per heavy atom. The van der Waals surface area contributed by atoms with Crippen LogP contribution in [0, 0.1) is 0 Å². The topological polar surface area (TPSA) is 21.3 Å². The fourth-order valence-electron chi connectivity index (χ4n) is 1.97. The summed E-state index contributed by atoms with van der Waals surface area (Å²) in [6.45, 7) is 10.4. The second-order valence-electron chi connectivity index (χ2n) is 5.07. The Hall–Kier alpha value is -1.02. The number of benzene rings is 1. The summed E-state index contributed by atoms with van der Waals surface area (Å²) in [5.74, 6) is 0.958. The molecule has 0 amide bonds. The third-order valence-electron chi connectivity index (χ3n) is 2.86. The molecule has 0 unspecified atom stereocenters. The molecule has 17 heavy (non-hydrogen) atoms. The van der Waals surface area contributed by atoms with E-state index < -0.39 is 0 Å². The van der Waals surface area contributed by atoms with Crippen LogP contribution < -0.4 is 10.1 Å². The number of nitrogens with one attached hydrogen (secondary N) is 1. The Kier molecular flexibility index (Phi) is 5.49. The van der Waals surface area contributed by atoms with Crippen molar-refractivity contribution in [1.29, 1.82) is 0 Å². The largest absolute Gasteiger partial charge is 0.494 e. The van der Waals surface area contributed by atoms with Gasteiger partial charge in [-0.2, -0.15) is 0 Å². The van der Waals surface area contributed by atoms with Gasteiger partial charge in [0.25, 0.3) is 0 Å². The minimum atomic E-state index is 0.205. The summed E-state index contributed by atoms with van der Waals surface area (Å²) in [6.07, 6.45) is 2.40. The molecule has 0 aromatic heterocycles. The summed E-state index contributed by atoms with van der Waals surface area (Å²) >= 11 is 0. The maximum atomic E-state index is 5.50. The molecule has 0 radical (unpaired) electrons. The molecule has 0 aliphatic carbocycles. The van der Waals surface area contributed by atoms with Crippen LogP contribution >= 0.6 is 0 Å². The Morgan fingerprint density at radius 1 is 1.24 bits per heavy atom. The van der Waals surface area contributed by atoms with Crippen LogP contribution in [0.25, 0.3) is 0 Å². The van der Waals surface area contributed by atoms with Crippen molar-refractivity contribution in [2.24, 2.45) is 0 Å². The fourth-order valence-corrected chi connectivity index (χ4v) is 1.97. The van der Waals surface area contributed by atoms with Crippen molar-refractivity contribution in [2.45, 2.75) is 52.6 Å². The van der Waals surface area contributed by atoms with Crippen molar-refractivity contribution in [3.63, 3.8) is 0 Å². The van der Waals surface area contributed by atoms with Gasteiger partial charge in [-0.1, -0.05) is 25.5 Å². The summed E-state index contributed by atoms with van der Waals surface area (Å²) in [4.78, 5) is 0. The standard InChI is InChI=1S/C15H25NO/c1-5-10-15(3,4)16-12-13-8-7-9-14(11-13)17-6-2/h7-9,11,16H,5-6,10,12H2,1-4H3. The molecule has 2 nitrogen and oxygen atoms in total. The number of hydrogen-bond donors (Lipinski definition) is 1. The Bertz CT molecular complexity index is 333. The third-order valence-corrected chi connectivity index (χ3v) is 2.86. The minimum absolute atomic E-state index is 0.205. The normalized spacial score (nSPS) is 11.5. The fraction of sp³-hybridized carbons (Fsp3) is 0.600. The maximum Gasteiger partial charge on any atom is 0.119 e. The lowest BCUT2D eigenvalue weighted by atomic mass is 9.98. The summed E-state index contributed by atoms with van der Waals surface area (Å²) in [5.41, 5.74) is 1.48. The smallest absolute Gasteiger partial charge is 0.119 e. The summed E-state index contributed by atoms with van der Waals surface area (Å²) < 4.78 is 5.50. The highest BCUT2D eigenvalue weighted by Gasteiger charge is 2.14. The van der Waals surface area contributed by atoms with Crippen LogP contribution in [0.4, 0.5) is 0 Å². The molecule has 0 atom stereocenters. The van der Waals surface area contributed by atoms with E-state index in [9.17, 15) is 0 Å². The first-order valence-electron chi connectivity index (χ1n) is 6.54. The maximum absolute atomic E-state index is 5.50. The quantitative estimate of drug-likeness (QED) is 0.777. The first kappa shape index (κ1) is 14.0. The van der Waals surface area contributed by atoms with Gasteiger partial charge < -0.3 is 10.1 Å².